The highest BCUT2D eigenvalue weighted by Crippen LogP contribution is 2.53. The molecule has 6 nitrogen and oxygen atoms in total. The van der Waals surface area contributed by atoms with Gasteiger partial charge >= 0.3 is 0 Å². The lowest BCUT2D eigenvalue weighted by Gasteiger charge is -2.63. The largest absolute Gasteiger partial charge is 0.484 e. The smallest absolute Gasteiger partial charge is 0.265 e. The van der Waals surface area contributed by atoms with E-state index in [1.165, 1.54) is 12.1 Å². The molecule has 3 aliphatic rings. The second kappa shape index (κ2) is 8.54. The first kappa shape index (κ1) is 22.0. The highest BCUT2D eigenvalue weighted by Gasteiger charge is 2.61. The molecule has 0 aromatic heterocycles. The van der Waals surface area contributed by atoms with Crippen LogP contribution < -0.4 is 20.1 Å². The number of amides is 2. The van der Waals surface area contributed by atoms with Crippen LogP contribution in [0.5, 0.6) is 11.5 Å². The van der Waals surface area contributed by atoms with Gasteiger partial charge in [0.1, 0.15) is 17.3 Å². The first-order valence-electron chi connectivity index (χ1n) is 10.7. The van der Waals surface area contributed by atoms with E-state index < -0.39 is 11.9 Å². The molecule has 0 radical (unpaired) electrons. The van der Waals surface area contributed by atoms with Crippen molar-refractivity contribution < 1.29 is 23.5 Å². The van der Waals surface area contributed by atoms with Gasteiger partial charge in [0.2, 0.25) is 0 Å². The molecular weight excluding hydrogens is 470 g/mol. The molecular formula is C24H21Cl2FN2O4. The Morgan fingerprint density at radius 1 is 1.21 bits per heavy atom. The van der Waals surface area contributed by atoms with Crippen molar-refractivity contribution in [3.05, 3.63) is 63.9 Å². The Morgan fingerprint density at radius 3 is 2.79 bits per heavy atom. The normalized spacial score (nSPS) is 26.6. The minimum atomic E-state index is -0.712. The molecule has 172 valence electrons. The van der Waals surface area contributed by atoms with Crippen LogP contribution in [0.4, 0.5) is 4.39 Å². The number of rotatable bonds is 6. The van der Waals surface area contributed by atoms with Gasteiger partial charge in [-0.25, -0.2) is 4.39 Å². The first-order valence-corrected chi connectivity index (χ1v) is 11.4. The number of nitrogens with one attached hydrogen (secondary N) is 2. The maximum atomic E-state index is 13.5. The van der Waals surface area contributed by atoms with Crippen molar-refractivity contribution >= 4 is 41.1 Å². The average molecular weight is 491 g/mol. The van der Waals surface area contributed by atoms with E-state index in [0.29, 0.717) is 17.2 Å². The van der Waals surface area contributed by atoms with Gasteiger partial charge in [-0.3, -0.25) is 9.59 Å². The van der Waals surface area contributed by atoms with Gasteiger partial charge in [0.05, 0.1) is 5.02 Å². The molecule has 2 amide bonds. The lowest BCUT2D eigenvalue weighted by Crippen LogP contribution is -2.76. The molecule has 0 spiro atoms. The van der Waals surface area contributed by atoms with E-state index in [4.69, 9.17) is 32.7 Å². The molecule has 4 atom stereocenters. The number of carbonyl (C=O) groups excluding carboxylic acids is 2. The summed E-state index contributed by atoms with van der Waals surface area (Å²) in [7, 11) is 0. The molecule has 1 aliphatic heterocycles. The van der Waals surface area contributed by atoms with Crippen LogP contribution in [0.15, 0.2) is 42.5 Å². The Bertz CT molecular complexity index is 1160. The highest BCUT2D eigenvalue weighted by atomic mass is 35.5. The van der Waals surface area contributed by atoms with Crippen LogP contribution in [-0.4, -0.2) is 36.1 Å². The van der Waals surface area contributed by atoms with Crippen molar-refractivity contribution in [3.63, 3.8) is 0 Å². The van der Waals surface area contributed by atoms with Crippen molar-refractivity contribution in [1.82, 2.24) is 10.6 Å². The molecule has 2 N–H and O–H groups in total. The zero-order chi connectivity index (χ0) is 23.2. The van der Waals surface area contributed by atoms with Crippen molar-refractivity contribution in [2.24, 2.45) is 5.92 Å². The van der Waals surface area contributed by atoms with E-state index in [9.17, 15) is 14.0 Å². The van der Waals surface area contributed by atoms with Crippen molar-refractivity contribution in [2.45, 2.75) is 36.9 Å². The molecule has 2 aromatic rings. The Hall–Kier alpha value is -2.77. The molecule has 3 unspecified atom stereocenters. The van der Waals surface area contributed by atoms with Crippen molar-refractivity contribution in [3.8, 4) is 11.5 Å². The third kappa shape index (κ3) is 4.27. The summed E-state index contributed by atoms with van der Waals surface area (Å²) in [6, 6.07) is 9.25. The van der Waals surface area contributed by atoms with Gasteiger partial charge in [0.25, 0.3) is 11.8 Å². The van der Waals surface area contributed by atoms with E-state index >= 15 is 0 Å². The van der Waals surface area contributed by atoms with Crippen LogP contribution in [0.2, 0.25) is 10.0 Å². The SMILES string of the molecule is O=C(COc1ccc(Cl)c(F)c1)NC12CCC1C(NC(=O)[C@@H]1C=Cc3cc(Cl)ccc3O1)C2. The van der Waals surface area contributed by atoms with E-state index in [0.717, 1.165) is 24.5 Å². The summed E-state index contributed by atoms with van der Waals surface area (Å²) in [6.45, 7) is -0.225. The second-order valence-electron chi connectivity index (χ2n) is 8.61. The molecule has 2 fully saturated rings. The Morgan fingerprint density at radius 2 is 2.06 bits per heavy atom. The number of hydrogen-bond donors (Lipinski definition) is 2. The van der Waals surface area contributed by atoms with Gasteiger partial charge in [-0.2, -0.15) is 0 Å². The number of halogens is 3. The minimum Gasteiger partial charge on any atom is -0.484 e. The fourth-order valence-electron chi connectivity index (χ4n) is 4.79. The third-order valence-electron chi connectivity index (χ3n) is 6.59. The Balaban J connectivity index is 1.11. The molecule has 5 rings (SSSR count). The maximum Gasteiger partial charge on any atom is 0.265 e. The molecule has 1 heterocycles. The summed E-state index contributed by atoms with van der Waals surface area (Å²) in [6.07, 6.45) is 5.23. The summed E-state index contributed by atoms with van der Waals surface area (Å²) < 4.78 is 24.7. The Kier molecular flexibility index (Phi) is 5.70. The zero-order valence-corrected chi connectivity index (χ0v) is 19.0. The fraction of sp³-hybridized carbons (Fsp3) is 0.333. The Labute approximate surface area is 200 Å². The van der Waals surface area contributed by atoms with Crippen LogP contribution in [0.1, 0.15) is 24.8 Å². The second-order valence-corrected chi connectivity index (χ2v) is 9.46. The van der Waals surface area contributed by atoms with Crippen molar-refractivity contribution in [2.75, 3.05) is 6.61 Å². The fourth-order valence-corrected chi connectivity index (χ4v) is 5.09. The molecule has 2 saturated carbocycles. The third-order valence-corrected chi connectivity index (χ3v) is 7.13. The van der Waals surface area contributed by atoms with Gasteiger partial charge in [0.15, 0.2) is 12.7 Å². The summed E-state index contributed by atoms with van der Waals surface area (Å²) >= 11 is 11.6. The van der Waals surface area contributed by atoms with E-state index in [1.54, 1.807) is 24.3 Å². The highest BCUT2D eigenvalue weighted by molar-refractivity contribution is 6.31. The van der Waals surface area contributed by atoms with E-state index in [-0.39, 0.29) is 46.7 Å². The van der Waals surface area contributed by atoms with Gasteiger partial charge in [-0.1, -0.05) is 29.3 Å². The van der Waals surface area contributed by atoms with Gasteiger partial charge in [-0.05, 0) is 55.7 Å². The predicted molar refractivity (Wildman–Crippen MR) is 122 cm³/mol. The summed E-state index contributed by atoms with van der Waals surface area (Å²) in [5, 5.41) is 6.68. The average Bonchev–Trinajstić information content (AvgIpc) is 2.78. The number of fused-ring (bicyclic) bond motifs is 2. The van der Waals surface area contributed by atoms with Crippen LogP contribution in [-0.2, 0) is 9.59 Å². The summed E-state index contributed by atoms with van der Waals surface area (Å²) in [5.74, 6) is -0.0873. The number of hydrogen-bond acceptors (Lipinski definition) is 4. The van der Waals surface area contributed by atoms with Crippen molar-refractivity contribution in [1.29, 1.82) is 0 Å². The minimum absolute atomic E-state index is 0.00622. The van der Waals surface area contributed by atoms with Gasteiger partial charge in [-0.15, -0.1) is 0 Å². The first-order chi connectivity index (χ1) is 15.8. The van der Waals surface area contributed by atoms with Gasteiger partial charge < -0.3 is 20.1 Å². The van der Waals surface area contributed by atoms with Crippen LogP contribution >= 0.6 is 23.2 Å². The van der Waals surface area contributed by atoms with Crippen LogP contribution in [0.25, 0.3) is 6.08 Å². The lowest BCUT2D eigenvalue weighted by atomic mass is 9.50. The quantitative estimate of drug-likeness (QED) is 0.637. The monoisotopic (exact) mass is 490 g/mol. The molecule has 2 aromatic carbocycles. The predicted octanol–water partition coefficient (Wildman–Crippen LogP) is 4.14. The zero-order valence-electron chi connectivity index (χ0n) is 17.4. The van der Waals surface area contributed by atoms with Crippen LogP contribution in [0.3, 0.4) is 0 Å². The number of benzene rings is 2. The van der Waals surface area contributed by atoms with Crippen LogP contribution in [0, 0.1) is 11.7 Å². The number of ether oxygens (including phenoxy) is 2. The standard InChI is InChI=1S/C24H21Cl2FN2O4/c25-14-2-6-20-13(9-14)1-5-21(33-20)23(31)28-19-11-24(8-7-16(19)24)29-22(30)12-32-15-3-4-17(26)18(27)10-15/h1-6,9-10,16,19,21H,7-8,11-12H2,(H,28,31)(H,29,30)/t16?,19?,21-,24?/m0/s1. The molecule has 33 heavy (non-hydrogen) atoms. The number of carbonyl (C=O) groups is 2. The summed E-state index contributed by atoms with van der Waals surface area (Å²) in [5.41, 5.74) is 0.510. The van der Waals surface area contributed by atoms with E-state index in [2.05, 4.69) is 10.6 Å². The van der Waals surface area contributed by atoms with Gasteiger partial charge in [0, 0.05) is 34.2 Å². The molecule has 0 bridgehead atoms. The molecule has 9 heteroatoms. The lowest BCUT2D eigenvalue weighted by molar-refractivity contribution is -0.139. The van der Waals surface area contributed by atoms with E-state index in [1.807, 2.05) is 6.08 Å². The molecule has 0 saturated heterocycles. The maximum absolute atomic E-state index is 13.5. The molecule has 2 aliphatic carbocycles. The topological polar surface area (TPSA) is 76.7 Å². The summed E-state index contributed by atoms with van der Waals surface area (Å²) in [4.78, 5) is 25.1.